The van der Waals surface area contributed by atoms with Crippen LogP contribution in [0.25, 0.3) is 0 Å². The second-order valence-electron chi connectivity index (χ2n) is 2.69. The van der Waals surface area contributed by atoms with E-state index in [9.17, 15) is 0 Å². The van der Waals surface area contributed by atoms with Gasteiger partial charge in [-0.25, -0.2) is 0 Å². The second kappa shape index (κ2) is 3.02. The topological polar surface area (TPSA) is 9.23 Å². The van der Waals surface area contributed by atoms with Crippen LogP contribution in [0.4, 0.5) is 0 Å². The van der Waals surface area contributed by atoms with Crippen molar-refractivity contribution in [2.24, 2.45) is 0 Å². The second-order valence-corrected chi connectivity index (χ2v) is 2.69. The third-order valence-corrected chi connectivity index (χ3v) is 1.95. The molecule has 1 unspecified atom stereocenters. The molecule has 0 aromatic carbocycles. The molecule has 1 nitrogen and oxygen atoms in total. The molecular formula is C9H14O. The largest absolute Gasteiger partial charge is 0.365 e. The van der Waals surface area contributed by atoms with E-state index in [4.69, 9.17) is 4.74 Å². The Kier molecular flexibility index (Phi) is 2.28. The number of hydrogen-bond acceptors (Lipinski definition) is 1. The van der Waals surface area contributed by atoms with Gasteiger partial charge >= 0.3 is 0 Å². The zero-order valence-corrected chi connectivity index (χ0v) is 6.85. The summed E-state index contributed by atoms with van der Waals surface area (Å²) in [4.78, 5) is 0. The van der Waals surface area contributed by atoms with Crippen molar-refractivity contribution in [2.75, 3.05) is 6.61 Å². The average Bonchev–Trinajstić information content (AvgIpc) is 2.34. The Morgan fingerprint density at radius 3 is 2.90 bits per heavy atom. The highest BCUT2D eigenvalue weighted by molar-refractivity contribution is 5.23. The van der Waals surface area contributed by atoms with Crippen molar-refractivity contribution in [1.29, 1.82) is 0 Å². The summed E-state index contributed by atoms with van der Waals surface area (Å²) in [6.45, 7) is 7.05. The van der Waals surface area contributed by atoms with E-state index in [0.29, 0.717) is 0 Å². The van der Waals surface area contributed by atoms with Crippen LogP contribution in [0, 0.1) is 0 Å². The molecule has 0 fully saturated rings. The van der Waals surface area contributed by atoms with Crippen LogP contribution in [0.2, 0.25) is 0 Å². The van der Waals surface area contributed by atoms with E-state index in [-0.39, 0.29) is 6.10 Å². The highest BCUT2D eigenvalue weighted by Gasteiger charge is 2.16. The van der Waals surface area contributed by atoms with Crippen LogP contribution in [0.3, 0.4) is 0 Å². The molecule has 1 heteroatoms. The highest BCUT2D eigenvalue weighted by atomic mass is 16.5. The molecule has 0 N–H and O–H groups in total. The van der Waals surface area contributed by atoms with Crippen molar-refractivity contribution < 1.29 is 4.74 Å². The summed E-state index contributed by atoms with van der Waals surface area (Å²) in [5.74, 6) is 0. The van der Waals surface area contributed by atoms with Gasteiger partial charge in [-0.2, -0.15) is 0 Å². The zero-order chi connectivity index (χ0) is 7.56. The predicted octanol–water partition coefficient (Wildman–Crippen LogP) is 2.30. The minimum atomic E-state index is 0.269. The molecule has 0 aliphatic carbocycles. The molecule has 0 aromatic rings. The number of hydrogen-bond donors (Lipinski definition) is 0. The van der Waals surface area contributed by atoms with E-state index in [1.165, 1.54) is 11.1 Å². The summed E-state index contributed by atoms with van der Waals surface area (Å²) < 4.78 is 5.46. The summed E-state index contributed by atoms with van der Waals surface area (Å²) in [6, 6.07) is 0. The maximum absolute atomic E-state index is 5.46. The lowest BCUT2D eigenvalue weighted by molar-refractivity contribution is 0.147. The zero-order valence-electron chi connectivity index (χ0n) is 6.85. The molecule has 0 amide bonds. The number of rotatable bonds is 1. The molecule has 1 heterocycles. The first-order chi connectivity index (χ1) is 4.75. The van der Waals surface area contributed by atoms with Gasteiger partial charge in [0.05, 0.1) is 12.7 Å². The highest BCUT2D eigenvalue weighted by Crippen LogP contribution is 2.20. The summed E-state index contributed by atoms with van der Waals surface area (Å²) in [7, 11) is 0. The maximum atomic E-state index is 5.46. The molecular weight excluding hydrogens is 124 g/mol. The van der Waals surface area contributed by atoms with Crippen molar-refractivity contribution in [1.82, 2.24) is 0 Å². The van der Waals surface area contributed by atoms with Crippen molar-refractivity contribution in [3.05, 3.63) is 23.3 Å². The van der Waals surface area contributed by atoms with Crippen LogP contribution in [-0.4, -0.2) is 12.7 Å². The monoisotopic (exact) mass is 138 g/mol. The fourth-order valence-corrected chi connectivity index (χ4v) is 1.16. The van der Waals surface area contributed by atoms with Crippen LogP contribution in [0.15, 0.2) is 23.3 Å². The van der Waals surface area contributed by atoms with Crippen LogP contribution < -0.4 is 0 Å². The smallest absolute Gasteiger partial charge is 0.0995 e. The van der Waals surface area contributed by atoms with Gasteiger partial charge in [0.2, 0.25) is 0 Å². The van der Waals surface area contributed by atoms with Crippen LogP contribution in [0.5, 0.6) is 0 Å². The summed E-state index contributed by atoms with van der Waals surface area (Å²) in [6.07, 6.45) is 4.51. The SMILES string of the molecule is C/C=C(\C)C1OCC=C1C. The summed E-state index contributed by atoms with van der Waals surface area (Å²) >= 11 is 0. The maximum Gasteiger partial charge on any atom is 0.0995 e. The van der Waals surface area contributed by atoms with Crippen molar-refractivity contribution in [3.8, 4) is 0 Å². The Bertz CT molecular complexity index is 177. The van der Waals surface area contributed by atoms with Gasteiger partial charge in [-0.15, -0.1) is 0 Å². The van der Waals surface area contributed by atoms with E-state index in [0.717, 1.165) is 6.61 Å². The van der Waals surface area contributed by atoms with E-state index >= 15 is 0 Å². The van der Waals surface area contributed by atoms with Gasteiger partial charge in [-0.3, -0.25) is 0 Å². The van der Waals surface area contributed by atoms with E-state index in [1.807, 2.05) is 6.92 Å². The normalized spacial score (nSPS) is 26.9. The Labute approximate surface area is 62.4 Å². The molecule has 1 atom stereocenters. The van der Waals surface area contributed by atoms with Gasteiger partial charge in [0.1, 0.15) is 0 Å². The lowest BCUT2D eigenvalue weighted by Gasteiger charge is -2.11. The molecule has 0 saturated carbocycles. The molecule has 0 saturated heterocycles. The summed E-state index contributed by atoms with van der Waals surface area (Å²) in [5, 5.41) is 0. The molecule has 56 valence electrons. The standard InChI is InChI=1S/C9H14O/c1-4-7(2)9-8(3)5-6-10-9/h4-5,9H,6H2,1-3H3/b7-4+. The molecule has 10 heavy (non-hydrogen) atoms. The molecule has 1 aliphatic heterocycles. The predicted molar refractivity (Wildman–Crippen MR) is 42.9 cm³/mol. The molecule has 0 aromatic heterocycles. The lowest BCUT2D eigenvalue weighted by Crippen LogP contribution is -2.09. The molecule has 0 radical (unpaired) electrons. The number of allylic oxidation sites excluding steroid dienone is 1. The number of ether oxygens (including phenoxy) is 1. The van der Waals surface area contributed by atoms with Gasteiger partial charge in [0.15, 0.2) is 0 Å². The average molecular weight is 138 g/mol. The third-order valence-electron chi connectivity index (χ3n) is 1.95. The van der Waals surface area contributed by atoms with Crippen LogP contribution in [0.1, 0.15) is 20.8 Å². The molecule has 0 bridgehead atoms. The van der Waals surface area contributed by atoms with Crippen molar-refractivity contribution in [2.45, 2.75) is 26.9 Å². The van der Waals surface area contributed by atoms with Gasteiger partial charge < -0.3 is 4.74 Å². The van der Waals surface area contributed by atoms with Crippen LogP contribution in [-0.2, 0) is 4.74 Å². The lowest BCUT2D eigenvalue weighted by atomic mass is 10.1. The Morgan fingerprint density at radius 1 is 1.80 bits per heavy atom. The van der Waals surface area contributed by atoms with Crippen LogP contribution >= 0.6 is 0 Å². The van der Waals surface area contributed by atoms with E-state index < -0.39 is 0 Å². The Balaban J connectivity index is 2.67. The van der Waals surface area contributed by atoms with Gasteiger partial charge in [-0.05, 0) is 31.9 Å². The minimum absolute atomic E-state index is 0.269. The van der Waals surface area contributed by atoms with Crippen molar-refractivity contribution in [3.63, 3.8) is 0 Å². The van der Waals surface area contributed by atoms with E-state index in [2.05, 4.69) is 26.0 Å². The fourth-order valence-electron chi connectivity index (χ4n) is 1.16. The van der Waals surface area contributed by atoms with Gasteiger partial charge in [-0.1, -0.05) is 12.2 Å². The van der Waals surface area contributed by atoms with Crippen molar-refractivity contribution >= 4 is 0 Å². The molecule has 1 rings (SSSR count). The molecule has 0 spiro atoms. The van der Waals surface area contributed by atoms with Gasteiger partial charge in [0.25, 0.3) is 0 Å². The Morgan fingerprint density at radius 2 is 2.50 bits per heavy atom. The quantitative estimate of drug-likeness (QED) is 0.505. The first-order valence-electron chi connectivity index (χ1n) is 3.66. The minimum Gasteiger partial charge on any atom is -0.365 e. The van der Waals surface area contributed by atoms with Gasteiger partial charge in [0, 0.05) is 0 Å². The first kappa shape index (κ1) is 7.55. The molecule has 1 aliphatic rings. The third kappa shape index (κ3) is 1.29. The van der Waals surface area contributed by atoms with E-state index in [1.54, 1.807) is 0 Å². The summed E-state index contributed by atoms with van der Waals surface area (Å²) in [5.41, 5.74) is 2.65. The Hall–Kier alpha value is -0.560. The first-order valence-corrected chi connectivity index (χ1v) is 3.66. The fraction of sp³-hybridized carbons (Fsp3) is 0.556.